The lowest BCUT2D eigenvalue weighted by molar-refractivity contribution is -0.116. The number of nitrogens with one attached hydrogen (secondary N) is 1. The molecule has 0 atom stereocenters. The number of nitrogens with zero attached hydrogens (tertiary/aromatic N) is 4. The van der Waals surface area contributed by atoms with E-state index in [1.54, 1.807) is 24.3 Å². The lowest BCUT2D eigenvalue weighted by Gasteiger charge is -2.04. The monoisotopic (exact) mass is 227 g/mol. The van der Waals surface area contributed by atoms with Crippen molar-refractivity contribution in [2.75, 3.05) is 5.32 Å². The molecule has 0 aliphatic rings. The fraction of sp³-hybridized carbons (Fsp3) is 0.0909. The van der Waals surface area contributed by atoms with Gasteiger partial charge in [0.05, 0.1) is 11.6 Å². The second-order valence-electron chi connectivity index (χ2n) is 3.33. The molecule has 0 fully saturated rings. The molecule has 0 spiro atoms. The van der Waals surface area contributed by atoms with Gasteiger partial charge >= 0.3 is 0 Å². The molecule has 1 N–H and O–H groups in total. The number of aromatic nitrogens is 3. The summed E-state index contributed by atoms with van der Waals surface area (Å²) in [7, 11) is 0. The van der Waals surface area contributed by atoms with Crippen molar-refractivity contribution in [1.29, 1.82) is 5.26 Å². The quantitative estimate of drug-likeness (QED) is 0.840. The summed E-state index contributed by atoms with van der Waals surface area (Å²) in [6.45, 7) is 0.111. The number of amides is 1. The van der Waals surface area contributed by atoms with E-state index in [0.29, 0.717) is 11.3 Å². The zero-order valence-electron chi connectivity index (χ0n) is 8.87. The molecule has 0 radical (unpaired) electrons. The number of carbonyl (C=O) groups excluding carboxylic acids is 1. The fourth-order valence-corrected chi connectivity index (χ4v) is 1.29. The zero-order valence-corrected chi connectivity index (χ0v) is 8.87. The molecule has 0 unspecified atom stereocenters. The van der Waals surface area contributed by atoms with Gasteiger partial charge in [0.1, 0.15) is 19.2 Å². The van der Waals surface area contributed by atoms with Gasteiger partial charge in [-0.1, -0.05) is 0 Å². The summed E-state index contributed by atoms with van der Waals surface area (Å²) in [4.78, 5) is 15.3. The van der Waals surface area contributed by atoms with Gasteiger partial charge in [-0.3, -0.25) is 4.79 Å². The van der Waals surface area contributed by atoms with E-state index in [2.05, 4.69) is 15.4 Å². The van der Waals surface area contributed by atoms with Crippen molar-refractivity contribution in [2.45, 2.75) is 6.54 Å². The van der Waals surface area contributed by atoms with Crippen LogP contribution >= 0.6 is 0 Å². The van der Waals surface area contributed by atoms with E-state index in [1.165, 1.54) is 17.3 Å². The molecule has 1 aromatic heterocycles. The largest absolute Gasteiger partial charge is 0.324 e. The molecule has 2 aromatic rings. The summed E-state index contributed by atoms with van der Waals surface area (Å²) >= 11 is 0. The maximum absolute atomic E-state index is 11.6. The average Bonchev–Trinajstić information content (AvgIpc) is 2.82. The molecule has 1 amide bonds. The summed E-state index contributed by atoms with van der Waals surface area (Å²) in [5.74, 6) is -0.194. The standard InChI is InChI=1S/C11H9N5O/c12-5-9-1-3-10(4-2-9)15-11(17)6-16-8-13-7-14-16/h1-4,7-8H,6H2,(H,15,17). The minimum absolute atomic E-state index is 0.111. The number of anilines is 1. The molecule has 0 aliphatic carbocycles. The summed E-state index contributed by atoms with van der Waals surface area (Å²) in [5.41, 5.74) is 1.20. The van der Waals surface area contributed by atoms with Crippen molar-refractivity contribution in [3.63, 3.8) is 0 Å². The van der Waals surface area contributed by atoms with Gasteiger partial charge in [0, 0.05) is 5.69 Å². The van der Waals surface area contributed by atoms with Crippen LogP contribution in [0.5, 0.6) is 0 Å². The molecule has 2 rings (SSSR count). The van der Waals surface area contributed by atoms with E-state index in [-0.39, 0.29) is 12.5 Å². The third kappa shape index (κ3) is 2.89. The Morgan fingerprint density at radius 1 is 1.41 bits per heavy atom. The maximum Gasteiger partial charge on any atom is 0.246 e. The Labute approximate surface area is 97.5 Å². The van der Waals surface area contributed by atoms with Crippen molar-refractivity contribution < 1.29 is 4.79 Å². The van der Waals surface area contributed by atoms with Gasteiger partial charge in [0.25, 0.3) is 0 Å². The van der Waals surface area contributed by atoms with Crippen LogP contribution in [0.15, 0.2) is 36.9 Å². The van der Waals surface area contributed by atoms with E-state index in [0.717, 1.165) is 0 Å². The Bertz CT molecular complexity index is 538. The predicted octanol–water partition coefficient (Wildman–Crippen LogP) is 0.788. The third-order valence-corrected chi connectivity index (χ3v) is 2.07. The zero-order chi connectivity index (χ0) is 12.1. The highest BCUT2D eigenvalue weighted by atomic mass is 16.2. The maximum atomic E-state index is 11.6. The minimum Gasteiger partial charge on any atom is -0.324 e. The van der Waals surface area contributed by atoms with Crippen molar-refractivity contribution in [1.82, 2.24) is 14.8 Å². The highest BCUT2D eigenvalue weighted by Gasteiger charge is 2.03. The summed E-state index contributed by atoms with van der Waals surface area (Å²) < 4.78 is 1.43. The third-order valence-electron chi connectivity index (χ3n) is 2.07. The number of rotatable bonds is 3. The molecule has 1 heterocycles. The molecule has 0 saturated carbocycles. The second-order valence-corrected chi connectivity index (χ2v) is 3.33. The molecule has 0 bridgehead atoms. The number of carbonyl (C=O) groups is 1. The van der Waals surface area contributed by atoms with Gasteiger partial charge < -0.3 is 5.32 Å². The molecular weight excluding hydrogens is 218 g/mol. The molecule has 0 aliphatic heterocycles. The van der Waals surface area contributed by atoms with Gasteiger partial charge in [0.2, 0.25) is 5.91 Å². The first-order valence-corrected chi connectivity index (χ1v) is 4.90. The van der Waals surface area contributed by atoms with Crippen molar-refractivity contribution in [2.24, 2.45) is 0 Å². The second kappa shape index (κ2) is 4.90. The summed E-state index contributed by atoms with van der Waals surface area (Å²) in [6, 6.07) is 8.65. The molecule has 1 aromatic carbocycles. The summed E-state index contributed by atoms with van der Waals surface area (Å²) in [6.07, 6.45) is 2.84. The summed E-state index contributed by atoms with van der Waals surface area (Å²) in [5, 5.41) is 15.1. The first kappa shape index (κ1) is 10.8. The van der Waals surface area contributed by atoms with Crippen LogP contribution in [0.1, 0.15) is 5.56 Å². The van der Waals surface area contributed by atoms with E-state index in [9.17, 15) is 4.79 Å². The van der Waals surface area contributed by atoms with Gasteiger partial charge in [-0.15, -0.1) is 0 Å². The van der Waals surface area contributed by atoms with Crippen LogP contribution in [-0.2, 0) is 11.3 Å². The Morgan fingerprint density at radius 3 is 2.76 bits per heavy atom. The number of hydrogen-bond donors (Lipinski definition) is 1. The topological polar surface area (TPSA) is 83.6 Å². The molecular formula is C11H9N5O. The highest BCUT2D eigenvalue weighted by molar-refractivity contribution is 5.90. The van der Waals surface area contributed by atoms with Crippen LogP contribution in [0.3, 0.4) is 0 Å². The number of hydrogen-bond acceptors (Lipinski definition) is 4. The van der Waals surface area contributed by atoms with Gasteiger partial charge in [-0.25, -0.2) is 9.67 Å². The van der Waals surface area contributed by atoms with Gasteiger partial charge in [0.15, 0.2) is 0 Å². The van der Waals surface area contributed by atoms with Crippen LogP contribution in [0, 0.1) is 11.3 Å². The van der Waals surface area contributed by atoms with Gasteiger partial charge in [-0.05, 0) is 24.3 Å². The molecule has 17 heavy (non-hydrogen) atoms. The Kier molecular flexibility index (Phi) is 3.12. The first-order valence-electron chi connectivity index (χ1n) is 4.90. The normalized spacial score (nSPS) is 9.59. The van der Waals surface area contributed by atoms with Crippen molar-refractivity contribution in [3.8, 4) is 6.07 Å². The van der Waals surface area contributed by atoms with Crippen LogP contribution in [0.25, 0.3) is 0 Å². The number of benzene rings is 1. The smallest absolute Gasteiger partial charge is 0.246 e. The number of nitriles is 1. The van der Waals surface area contributed by atoms with E-state index < -0.39 is 0 Å². The molecule has 84 valence electrons. The Hall–Kier alpha value is -2.68. The minimum atomic E-state index is -0.194. The highest BCUT2D eigenvalue weighted by Crippen LogP contribution is 2.08. The lowest BCUT2D eigenvalue weighted by Crippen LogP contribution is -2.18. The SMILES string of the molecule is N#Cc1ccc(NC(=O)Cn2cncn2)cc1. The van der Waals surface area contributed by atoms with E-state index in [4.69, 9.17) is 5.26 Å². The molecule has 6 nitrogen and oxygen atoms in total. The Balaban J connectivity index is 1.96. The fourth-order valence-electron chi connectivity index (χ4n) is 1.29. The van der Waals surface area contributed by atoms with Crippen LogP contribution in [-0.4, -0.2) is 20.7 Å². The molecule has 6 heteroatoms. The molecule has 0 saturated heterocycles. The first-order chi connectivity index (χ1) is 8.28. The van der Waals surface area contributed by atoms with Gasteiger partial charge in [-0.2, -0.15) is 10.4 Å². The lowest BCUT2D eigenvalue weighted by atomic mass is 10.2. The van der Waals surface area contributed by atoms with Crippen LogP contribution < -0.4 is 5.32 Å². The Morgan fingerprint density at radius 2 is 2.18 bits per heavy atom. The van der Waals surface area contributed by atoms with Crippen LogP contribution in [0.2, 0.25) is 0 Å². The van der Waals surface area contributed by atoms with Crippen molar-refractivity contribution >= 4 is 11.6 Å². The van der Waals surface area contributed by atoms with Crippen LogP contribution in [0.4, 0.5) is 5.69 Å². The van der Waals surface area contributed by atoms with E-state index >= 15 is 0 Å². The average molecular weight is 227 g/mol. The van der Waals surface area contributed by atoms with Crippen molar-refractivity contribution in [3.05, 3.63) is 42.5 Å². The van der Waals surface area contributed by atoms with E-state index in [1.807, 2.05) is 6.07 Å². The predicted molar refractivity (Wildman–Crippen MR) is 59.8 cm³/mol.